The number of rotatable bonds is 5. The van der Waals surface area contributed by atoms with E-state index in [0.29, 0.717) is 24.3 Å². The van der Waals surface area contributed by atoms with Crippen molar-refractivity contribution in [3.63, 3.8) is 0 Å². The van der Waals surface area contributed by atoms with Gasteiger partial charge < -0.3 is 10.6 Å². The van der Waals surface area contributed by atoms with Crippen molar-refractivity contribution >= 4 is 5.91 Å². The minimum atomic E-state index is 0.198. The van der Waals surface area contributed by atoms with Crippen LogP contribution in [0.15, 0.2) is 0 Å². The van der Waals surface area contributed by atoms with Crippen LogP contribution in [-0.4, -0.2) is 30.4 Å². The summed E-state index contributed by atoms with van der Waals surface area (Å²) < 4.78 is 0. The van der Waals surface area contributed by atoms with Crippen molar-refractivity contribution in [2.24, 2.45) is 23.5 Å². The first-order chi connectivity index (χ1) is 7.60. The summed E-state index contributed by atoms with van der Waals surface area (Å²) in [6.07, 6.45) is 3.33. The molecule has 0 spiro atoms. The molecule has 2 N–H and O–H groups in total. The summed E-state index contributed by atoms with van der Waals surface area (Å²) in [5.41, 5.74) is 5.73. The van der Waals surface area contributed by atoms with Crippen LogP contribution >= 0.6 is 0 Å². The Morgan fingerprint density at radius 2 is 2.12 bits per heavy atom. The second kappa shape index (κ2) is 6.24. The molecule has 0 aliphatic heterocycles. The zero-order valence-corrected chi connectivity index (χ0v) is 10.9. The zero-order valence-electron chi connectivity index (χ0n) is 10.9. The number of carbonyl (C=O) groups is 1. The lowest BCUT2D eigenvalue weighted by atomic mass is 9.94. The first-order valence-electron chi connectivity index (χ1n) is 6.59. The number of nitrogens with zero attached hydrogens (tertiary/aromatic N) is 1. The number of amides is 1. The predicted octanol–water partition coefficient (Wildman–Crippen LogP) is 1.87. The number of nitrogens with two attached hydrogens (primary N) is 1. The van der Waals surface area contributed by atoms with E-state index in [0.717, 1.165) is 32.4 Å². The third-order valence-corrected chi connectivity index (χ3v) is 3.56. The smallest absolute Gasteiger partial charge is 0.226 e. The highest BCUT2D eigenvalue weighted by atomic mass is 16.2. The number of hydrogen-bond acceptors (Lipinski definition) is 2. The fourth-order valence-electron chi connectivity index (χ4n) is 2.69. The van der Waals surface area contributed by atoms with Gasteiger partial charge in [0.2, 0.25) is 5.91 Å². The lowest BCUT2D eigenvalue weighted by Gasteiger charge is -2.28. The molecule has 16 heavy (non-hydrogen) atoms. The van der Waals surface area contributed by atoms with Crippen LogP contribution in [0.25, 0.3) is 0 Å². The van der Waals surface area contributed by atoms with Crippen LogP contribution in [-0.2, 0) is 4.79 Å². The predicted molar refractivity (Wildman–Crippen MR) is 67.0 cm³/mol. The monoisotopic (exact) mass is 226 g/mol. The van der Waals surface area contributed by atoms with Crippen LogP contribution in [0.1, 0.15) is 40.0 Å². The Kier molecular flexibility index (Phi) is 5.26. The Morgan fingerprint density at radius 1 is 1.44 bits per heavy atom. The van der Waals surface area contributed by atoms with Gasteiger partial charge in [-0.15, -0.1) is 0 Å². The van der Waals surface area contributed by atoms with Crippen molar-refractivity contribution < 1.29 is 4.79 Å². The highest BCUT2D eigenvalue weighted by molar-refractivity contribution is 5.79. The average molecular weight is 226 g/mol. The Labute approximate surface area is 99.4 Å². The van der Waals surface area contributed by atoms with Gasteiger partial charge in [0.05, 0.1) is 0 Å². The average Bonchev–Trinajstić information content (AvgIpc) is 2.72. The topological polar surface area (TPSA) is 46.3 Å². The van der Waals surface area contributed by atoms with E-state index < -0.39 is 0 Å². The second-order valence-corrected chi connectivity index (χ2v) is 5.30. The quantitative estimate of drug-likeness (QED) is 0.778. The first-order valence-corrected chi connectivity index (χ1v) is 6.59. The van der Waals surface area contributed by atoms with Crippen molar-refractivity contribution in [1.82, 2.24) is 4.90 Å². The second-order valence-electron chi connectivity index (χ2n) is 5.30. The molecule has 0 aromatic rings. The first kappa shape index (κ1) is 13.5. The molecule has 1 rings (SSSR count). The molecular formula is C13H26N2O. The van der Waals surface area contributed by atoms with Gasteiger partial charge in [0.15, 0.2) is 0 Å². The van der Waals surface area contributed by atoms with Gasteiger partial charge >= 0.3 is 0 Å². The zero-order chi connectivity index (χ0) is 12.1. The third-order valence-electron chi connectivity index (χ3n) is 3.56. The van der Waals surface area contributed by atoms with Crippen molar-refractivity contribution in [3.05, 3.63) is 0 Å². The van der Waals surface area contributed by atoms with Gasteiger partial charge in [0, 0.05) is 19.0 Å². The van der Waals surface area contributed by atoms with Gasteiger partial charge in [0.25, 0.3) is 0 Å². The lowest BCUT2D eigenvalue weighted by molar-refractivity contribution is -0.136. The summed E-state index contributed by atoms with van der Waals surface area (Å²) in [6.45, 7) is 8.74. The highest BCUT2D eigenvalue weighted by Crippen LogP contribution is 2.32. The maximum atomic E-state index is 12.4. The van der Waals surface area contributed by atoms with Crippen molar-refractivity contribution in [2.45, 2.75) is 40.0 Å². The molecule has 1 saturated carbocycles. The van der Waals surface area contributed by atoms with E-state index in [9.17, 15) is 4.79 Å². The molecule has 0 radical (unpaired) electrons. The molecule has 3 heteroatoms. The fraction of sp³-hybridized carbons (Fsp3) is 0.923. The van der Waals surface area contributed by atoms with E-state index in [2.05, 4.69) is 20.8 Å². The van der Waals surface area contributed by atoms with Gasteiger partial charge in [0.1, 0.15) is 0 Å². The van der Waals surface area contributed by atoms with Crippen LogP contribution in [0.4, 0.5) is 0 Å². The van der Waals surface area contributed by atoms with Crippen LogP contribution in [0.3, 0.4) is 0 Å². The summed E-state index contributed by atoms with van der Waals surface area (Å²) in [5, 5.41) is 0. The summed E-state index contributed by atoms with van der Waals surface area (Å²) in [4.78, 5) is 14.4. The van der Waals surface area contributed by atoms with Gasteiger partial charge in [-0.2, -0.15) is 0 Å². The molecule has 1 aliphatic rings. The van der Waals surface area contributed by atoms with Gasteiger partial charge in [-0.3, -0.25) is 4.79 Å². The van der Waals surface area contributed by atoms with Crippen molar-refractivity contribution in [1.29, 1.82) is 0 Å². The summed E-state index contributed by atoms with van der Waals surface area (Å²) in [7, 11) is 0. The molecular weight excluding hydrogens is 200 g/mol. The van der Waals surface area contributed by atoms with E-state index in [4.69, 9.17) is 5.73 Å². The van der Waals surface area contributed by atoms with Gasteiger partial charge in [-0.05, 0) is 38.1 Å². The van der Waals surface area contributed by atoms with Crippen LogP contribution in [0, 0.1) is 17.8 Å². The van der Waals surface area contributed by atoms with Gasteiger partial charge in [-0.25, -0.2) is 0 Å². The fourth-order valence-corrected chi connectivity index (χ4v) is 2.69. The number of carbonyl (C=O) groups excluding carboxylic acids is 1. The van der Waals surface area contributed by atoms with Gasteiger partial charge in [-0.1, -0.05) is 20.3 Å². The minimum Gasteiger partial charge on any atom is -0.342 e. The Bertz CT molecular complexity index is 228. The largest absolute Gasteiger partial charge is 0.342 e. The molecule has 0 aromatic carbocycles. The Hall–Kier alpha value is -0.570. The minimum absolute atomic E-state index is 0.198. The molecule has 0 bridgehead atoms. The molecule has 3 nitrogen and oxygen atoms in total. The number of hydrogen-bond donors (Lipinski definition) is 1. The third kappa shape index (κ3) is 3.21. The van der Waals surface area contributed by atoms with E-state index >= 15 is 0 Å². The molecule has 0 heterocycles. The standard InChI is InChI=1S/C13H26N2O/c1-4-15(9-10(2)3)13(16)12-7-5-6-11(12)8-14/h10-12H,4-9,14H2,1-3H3. The molecule has 1 fully saturated rings. The molecule has 0 aromatic heterocycles. The SMILES string of the molecule is CCN(CC(C)C)C(=O)C1CCCC1CN. The van der Waals surface area contributed by atoms with Crippen LogP contribution in [0.5, 0.6) is 0 Å². The summed E-state index contributed by atoms with van der Waals surface area (Å²) in [5.74, 6) is 1.50. The molecule has 94 valence electrons. The van der Waals surface area contributed by atoms with Crippen LogP contribution in [0.2, 0.25) is 0 Å². The lowest BCUT2D eigenvalue weighted by Crippen LogP contribution is -2.40. The molecule has 2 unspecified atom stereocenters. The van der Waals surface area contributed by atoms with E-state index in [1.807, 2.05) is 4.90 Å². The molecule has 2 atom stereocenters. The molecule has 1 amide bonds. The normalized spacial score (nSPS) is 25.1. The van der Waals surface area contributed by atoms with E-state index in [1.54, 1.807) is 0 Å². The summed E-state index contributed by atoms with van der Waals surface area (Å²) in [6, 6.07) is 0. The van der Waals surface area contributed by atoms with E-state index in [1.165, 1.54) is 0 Å². The Balaban J connectivity index is 2.59. The molecule has 0 saturated heterocycles. The maximum Gasteiger partial charge on any atom is 0.226 e. The highest BCUT2D eigenvalue weighted by Gasteiger charge is 2.34. The maximum absolute atomic E-state index is 12.4. The van der Waals surface area contributed by atoms with Crippen molar-refractivity contribution in [3.8, 4) is 0 Å². The Morgan fingerprint density at radius 3 is 2.62 bits per heavy atom. The van der Waals surface area contributed by atoms with E-state index in [-0.39, 0.29) is 5.92 Å². The molecule has 1 aliphatic carbocycles. The van der Waals surface area contributed by atoms with Crippen LogP contribution < -0.4 is 5.73 Å². The van der Waals surface area contributed by atoms with Crippen molar-refractivity contribution in [2.75, 3.05) is 19.6 Å². The summed E-state index contributed by atoms with van der Waals surface area (Å²) >= 11 is 0.